The van der Waals surface area contributed by atoms with E-state index in [-0.39, 0.29) is 11.1 Å². The van der Waals surface area contributed by atoms with Crippen molar-refractivity contribution in [3.05, 3.63) is 87.7 Å². The Morgan fingerprint density at radius 2 is 1.91 bits per heavy atom. The van der Waals surface area contributed by atoms with E-state index >= 15 is 0 Å². The van der Waals surface area contributed by atoms with Crippen molar-refractivity contribution >= 4 is 46.6 Å². The number of esters is 1. The van der Waals surface area contributed by atoms with Crippen LogP contribution in [0.4, 0.5) is 10.1 Å². The summed E-state index contributed by atoms with van der Waals surface area (Å²) in [4.78, 5) is 30.8. The normalized spacial score (nSPS) is 12.3. The van der Waals surface area contributed by atoms with Crippen LogP contribution in [0.25, 0.3) is 0 Å². The van der Waals surface area contributed by atoms with Gasteiger partial charge in [-0.15, -0.1) is 0 Å². The highest BCUT2D eigenvalue weighted by Gasteiger charge is 2.27. The maximum atomic E-state index is 14.7. The zero-order chi connectivity index (χ0) is 23.5. The summed E-state index contributed by atoms with van der Waals surface area (Å²) in [6.07, 6.45) is 1.69. The van der Waals surface area contributed by atoms with E-state index in [2.05, 4.69) is 0 Å². The molecule has 4 rings (SSSR count). The fourth-order valence-corrected chi connectivity index (χ4v) is 4.68. The lowest BCUT2D eigenvalue weighted by Crippen LogP contribution is -2.20. The van der Waals surface area contributed by atoms with Crippen molar-refractivity contribution in [1.82, 2.24) is 0 Å². The number of fused-ring (bicyclic) bond motifs is 2. The average molecular weight is 483 g/mol. The predicted molar refractivity (Wildman–Crippen MR) is 127 cm³/mol. The van der Waals surface area contributed by atoms with Crippen LogP contribution in [-0.4, -0.2) is 24.2 Å². The molecule has 5 nitrogen and oxygen atoms in total. The number of ether oxygens (including phenoxy) is 1. The Morgan fingerprint density at radius 3 is 2.64 bits per heavy atom. The van der Waals surface area contributed by atoms with Gasteiger partial charge in [0.2, 0.25) is 0 Å². The van der Waals surface area contributed by atoms with Crippen molar-refractivity contribution in [3.63, 3.8) is 0 Å². The van der Waals surface area contributed by atoms with Crippen LogP contribution >= 0.6 is 23.4 Å². The molecule has 2 N–H and O–H groups in total. The van der Waals surface area contributed by atoms with Crippen molar-refractivity contribution in [2.45, 2.75) is 29.6 Å². The Morgan fingerprint density at radius 1 is 1.12 bits per heavy atom. The van der Waals surface area contributed by atoms with E-state index in [9.17, 15) is 14.0 Å². The Hall–Kier alpha value is -3.16. The number of rotatable bonds is 6. The lowest BCUT2D eigenvalue weighted by atomic mass is 9.96. The molecule has 0 aromatic heterocycles. The summed E-state index contributed by atoms with van der Waals surface area (Å²) in [6, 6.07) is 14.8. The first-order valence-electron chi connectivity index (χ1n) is 10.4. The van der Waals surface area contributed by atoms with Crippen LogP contribution in [0.2, 0.25) is 5.02 Å². The number of nitrogens with two attached hydrogens (primary N) is 1. The average Bonchev–Trinajstić information content (AvgIpc) is 2.95. The van der Waals surface area contributed by atoms with Gasteiger partial charge in [0.25, 0.3) is 5.91 Å². The Kier molecular flexibility index (Phi) is 6.81. The highest BCUT2D eigenvalue weighted by atomic mass is 35.5. The second kappa shape index (κ2) is 9.77. The van der Waals surface area contributed by atoms with Crippen LogP contribution in [-0.2, 0) is 4.74 Å². The highest BCUT2D eigenvalue weighted by molar-refractivity contribution is 7.99. The van der Waals surface area contributed by atoms with Crippen LogP contribution in [0.5, 0.6) is 0 Å². The van der Waals surface area contributed by atoms with Crippen molar-refractivity contribution in [3.8, 4) is 0 Å². The molecule has 0 spiro atoms. The SMILES string of the molecule is CCCCOC(=O)c1ccc2c(c1)N=C(c1cccc(Cl)c1)c1c(ccc(F)c1C(N)=O)S2. The summed E-state index contributed by atoms with van der Waals surface area (Å²) in [6.45, 7) is 2.35. The largest absolute Gasteiger partial charge is 0.462 e. The molecule has 0 bridgehead atoms. The number of primary amides is 1. The van der Waals surface area contributed by atoms with Gasteiger partial charge in [-0.25, -0.2) is 14.2 Å². The quantitative estimate of drug-likeness (QED) is 0.263. The predicted octanol–water partition coefficient (Wildman–Crippen LogP) is 6.17. The minimum atomic E-state index is -0.897. The second-order valence-corrected chi connectivity index (χ2v) is 8.92. The number of amides is 1. The fraction of sp³-hybridized carbons (Fsp3) is 0.160. The first-order valence-corrected chi connectivity index (χ1v) is 11.5. The van der Waals surface area contributed by atoms with Gasteiger partial charge in [-0.3, -0.25) is 4.79 Å². The first-order chi connectivity index (χ1) is 15.9. The summed E-state index contributed by atoms with van der Waals surface area (Å²) in [5.74, 6) is -2.07. The molecule has 3 aromatic rings. The molecule has 0 saturated carbocycles. The molecular formula is C25H20ClFN2O3S. The topological polar surface area (TPSA) is 81.8 Å². The maximum Gasteiger partial charge on any atom is 0.338 e. The first kappa shape index (κ1) is 23.0. The highest BCUT2D eigenvalue weighted by Crippen LogP contribution is 2.43. The van der Waals surface area contributed by atoms with Gasteiger partial charge in [0.15, 0.2) is 0 Å². The molecule has 8 heteroatoms. The third kappa shape index (κ3) is 4.79. The molecule has 168 valence electrons. The molecule has 3 aromatic carbocycles. The fourth-order valence-electron chi connectivity index (χ4n) is 3.47. The standard InChI is InChI=1S/C25H20ClFN2O3S/c1-2-3-11-32-25(31)15-7-9-19-18(13-15)29-23(14-5-4-6-16(26)12-14)22-20(33-19)10-8-17(27)21(22)24(28)30/h4-10,12-13H,2-3,11H2,1H3,(H2,28,30). The number of unbranched alkanes of at least 4 members (excludes halogenated alkanes) is 1. The van der Waals surface area contributed by atoms with E-state index in [4.69, 9.17) is 27.1 Å². The third-order valence-corrected chi connectivity index (χ3v) is 6.44. The van der Waals surface area contributed by atoms with Gasteiger partial charge in [-0.2, -0.15) is 0 Å². The van der Waals surface area contributed by atoms with Crippen LogP contribution in [0.3, 0.4) is 0 Å². The third-order valence-electron chi connectivity index (χ3n) is 5.08. The number of carbonyl (C=O) groups is 2. The zero-order valence-corrected chi connectivity index (χ0v) is 19.3. The van der Waals surface area contributed by atoms with Gasteiger partial charge in [0.1, 0.15) is 5.82 Å². The number of hydrogen-bond donors (Lipinski definition) is 1. The minimum absolute atomic E-state index is 0.245. The lowest BCUT2D eigenvalue weighted by Gasteiger charge is -2.14. The van der Waals surface area contributed by atoms with Crippen LogP contribution in [0.15, 0.2) is 69.4 Å². The molecule has 1 amide bonds. The molecule has 0 fully saturated rings. The van der Waals surface area contributed by atoms with E-state index in [0.29, 0.717) is 39.1 Å². The second-order valence-electron chi connectivity index (χ2n) is 7.40. The molecule has 0 radical (unpaired) electrons. The number of halogens is 2. The van der Waals surface area contributed by atoms with Gasteiger partial charge in [0.05, 0.1) is 29.1 Å². The van der Waals surface area contributed by atoms with Gasteiger partial charge in [-0.05, 0) is 48.9 Å². The summed E-state index contributed by atoms with van der Waals surface area (Å²) in [7, 11) is 0. The van der Waals surface area contributed by atoms with E-state index < -0.39 is 17.7 Å². The summed E-state index contributed by atoms with van der Waals surface area (Å²) in [5.41, 5.74) is 7.37. The minimum Gasteiger partial charge on any atom is -0.462 e. The van der Waals surface area contributed by atoms with E-state index in [1.807, 2.05) is 6.92 Å². The number of carbonyl (C=O) groups excluding carboxylic acids is 2. The Balaban J connectivity index is 1.91. The van der Waals surface area contributed by atoms with Gasteiger partial charge < -0.3 is 10.5 Å². The molecule has 0 atom stereocenters. The molecule has 33 heavy (non-hydrogen) atoms. The molecule has 0 aliphatic carbocycles. The summed E-state index contributed by atoms with van der Waals surface area (Å²) >= 11 is 7.52. The van der Waals surface area contributed by atoms with Gasteiger partial charge in [0, 0.05) is 25.9 Å². The van der Waals surface area contributed by atoms with E-state index in [0.717, 1.165) is 17.7 Å². The molecule has 1 aliphatic rings. The monoisotopic (exact) mass is 482 g/mol. The van der Waals surface area contributed by atoms with Crippen molar-refractivity contribution < 1.29 is 18.7 Å². The van der Waals surface area contributed by atoms with Gasteiger partial charge in [-0.1, -0.05) is 48.8 Å². The van der Waals surface area contributed by atoms with Crippen LogP contribution in [0, 0.1) is 5.82 Å². The van der Waals surface area contributed by atoms with E-state index in [1.54, 1.807) is 48.5 Å². The van der Waals surface area contributed by atoms with Crippen molar-refractivity contribution in [1.29, 1.82) is 0 Å². The smallest absolute Gasteiger partial charge is 0.338 e. The number of benzene rings is 3. The Labute approximate surface area is 199 Å². The Bertz CT molecular complexity index is 1290. The van der Waals surface area contributed by atoms with Crippen LogP contribution in [0.1, 0.15) is 51.6 Å². The summed E-state index contributed by atoms with van der Waals surface area (Å²) in [5, 5.41) is 0.458. The number of nitrogens with zero attached hydrogens (tertiary/aromatic N) is 1. The van der Waals surface area contributed by atoms with Gasteiger partial charge >= 0.3 is 5.97 Å². The van der Waals surface area contributed by atoms with Crippen molar-refractivity contribution in [2.24, 2.45) is 10.7 Å². The molecule has 0 saturated heterocycles. The lowest BCUT2D eigenvalue weighted by molar-refractivity contribution is 0.0499. The maximum absolute atomic E-state index is 14.7. The molecule has 1 aliphatic heterocycles. The summed E-state index contributed by atoms with van der Waals surface area (Å²) < 4.78 is 20.0. The number of hydrogen-bond acceptors (Lipinski definition) is 5. The molecule has 0 unspecified atom stereocenters. The number of aliphatic imine (C=N–C) groups is 1. The zero-order valence-electron chi connectivity index (χ0n) is 17.7. The van der Waals surface area contributed by atoms with E-state index in [1.165, 1.54) is 17.8 Å². The molecular weight excluding hydrogens is 463 g/mol. The molecule has 1 heterocycles. The van der Waals surface area contributed by atoms with Crippen LogP contribution < -0.4 is 5.73 Å². The van der Waals surface area contributed by atoms with Crippen molar-refractivity contribution in [2.75, 3.05) is 6.61 Å².